The van der Waals surface area contributed by atoms with Crippen molar-refractivity contribution in [1.82, 2.24) is 10.3 Å². The standard InChI is InChI=1S/C12H19ClN2/c1-4-10(9(2)14-3)7-11-5-6-15-8-12(11)13/h5-6,8-10,14H,4,7H2,1-3H3. The van der Waals surface area contributed by atoms with Crippen molar-refractivity contribution in [3.63, 3.8) is 0 Å². The topological polar surface area (TPSA) is 24.9 Å². The Hall–Kier alpha value is -0.600. The summed E-state index contributed by atoms with van der Waals surface area (Å²) in [5.41, 5.74) is 1.20. The third-order valence-corrected chi connectivity index (χ3v) is 3.37. The quantitative estimate of drug-likeness (QED) is 0.835. The number of halogens is 1. The van der Waals surface area contributed by atoms with Gasteiger partial charge >= 0.3 is 0 Å². The zero-order valence-electron chi connectivity index (χ0n) is 9.63. The Morgan fingerprint density at radius 1 is 1.53 bits per heavy atom. The fourth-order valence-corrected chi connectivity index (χ4v) is 1.96. The summed E-state index contributed by atoms with van der Waals surface area (Å²) in [5.74, 6) is 0.620. The largest absolute Gasteiger partial charge is 0.317 e. The van der Waals surface area contributed by atoms with Crippen LogP contribution in [0.4, 0.5) is 0 Å². The maximum Gasteiger partial charge on any atom is 0.0621 e. The van der Waals surface area contributed by atoms with Crippen LogP contribution in [0, 0.1) is 5.92 Å². The van der Waals surface area contributed by atoms with E-state index in [4.69, 9.17) is 11.6 Å². The summed E-state index contributed by atoms with van der Waals surface area (Å²) < 4.78 is 0. The average molecular weight is 227 g/mol. The molecule has 0 radical (unpaired) electrons. The van der Waals surface area contributed by atoms with E-state index in [0.717, 1.165) is 17.9 Å². The first-order valence-electron chi connectivity index (χ1n) is 5.44. The Bertz CT molecular complexity index is 301. The van der Waals surface area contributed by atoms with E-state index in [1.54, 1.807) is 12.4 Å². The van der Waals surface area contributed by atoms with Crippen molar-refractivity contribution in [1.29, 1.82) is 0 Å². The fourth-order valence-electron chi connectivity index (χ4n) is 1.76. The van der Waals surface area contributed by atoms with Crippen molar-refractivity contribution in [2.45, 2.75) is 32.7 Å². The monoisotopic (exact) mass is 226 g/mol. The molecule has 2 atom stereocenters. The van der Waals surface area contributed by atoms with Gasteiger partial charge in [0.05, 0.1) is 5.02 Å². The van der Waals surface area contributed by atoms with Crippen LogP contribution in [0.2, 0.25) is 5.02 Å². The first-order chi connectivity index (χ1) is 7.19. The molecule has 15 heavy (non-hydrogen) atoms. The van der Waals surface area contributed by atoms with Crippen molar-refractivity contribution in [3.8, 4) is 0 Å². The van der Waals surface area contributed by atoms with Gasteiger partial charge in [0.2, 0.25) is 0 Å². The first kappa shape index (κ1) is 12.5. The molecule has 1 heterocycles. The van der Waals surface area contributed by atoms with Crippen LogP contribution in [0.3, 0.4) is 0 Å². The second kappa shape index (κ2) is 6.09. The second-order valence-electron chi connectivity index (χ2n) is 3.92. The van der Waals surface area contributed by atoms with Crippen molar-refractivity contribution in [2.75, 3.05) is 7.05 Å². The summed E-state index contributed by atoms with van der Waals surface area (Å²) in [4.78, 5) is 4.00. The summed E-state index contributed by atoms with van der Waals surface area (Å²) in [5, 5.41) is 4.07. The maximum atomic E-state index is 6.09. The van der Waals surface area contributed by atoms with Crippen LogP contribution in [-0.4, -0.2) is 18.1 Å². The third-order valence-electron chi connectivity index (χ3n) is 3.03. The van der Waals surface area contributed by atoms with Crippen LogP contribution in [-0.2, 0) is 6.42 Å². The SMILES string of the molecule is CCC(Cc1ccncc1Cl)C(C)NC. The summed E-state index contributed by atoms with van der Waals surface area (Å²) in [6, 6.07) is 2.52. The number of nitrogens with one attached hydrogen (secondary N) is 1. The highest BCUT2D eigenvalue weighted by atomic mass is 35.5. The highest BCUT2D eigenvalue weighted by Gasteiger charge is 2.15. The lowest BCUT2D eigenvalue weighted by Gasteiger charge is -2.22. The summed E-state index contributed by atoms with van der Waals surface area (Å²) in [6.07, 6.45) is 5.69. The maximum absolute atomic E-state index is 6.09. The predicted molar refractivity (Wildman–Crippen MR) is 65.3 cm³/mol. The van der Waals surface area contributed by atoms with Gasteiger partial charge in [0.1, 0.15) is 0 Å². The lowest BCUT2D eigenvalue weighted by molar-refractivity contribution is 0.381. The van der Waals surface area contributed by atoms with Crippen molar-refractivity contribution < 1.29 is 0 Å². The Balaban J connectivity index is 2.71. The predicted octanol–water partition coefficient (Wildman–Crippen LogP) is 2.91. The van der Waals surface area contributed by atoms with E-state index in [2.05, 4.69) is 24.1 Å². The molecule has 0 amide bonds. The number of rotatable bonds is 5. The van der Waals surface area contributed by atoms with Crippen LogP contribution >= 0.6 is 11.6 Å². The minimum atomic E-state index is 0.513. The Morgan fingerprint density at radius 3 is 2.80 bits per heavy atom. The van der Waals surface area contributed by atoms with Crippen LogP contribution in [0.15, 0.2) is 18.5 Å². The van der Waals surface area contributed by atoms with Gasteiger partial charge in [-0.25, -0.2) is 0 Å². The van der Waals surface area contributed by atoms with Crippen LogP contribution < -0.4 is 5.32 Å². The van der Waals surface area contributed by atoms with E-state index in [0.29, 0.717) is 12.0 Å². The van der Waals surface area contributed by atoms with Gasteiger partial charge in [-0.2, -0.15) is 0 Å². The Morgan fingerprint density at radius 2 is 2.27 bits per heavy atom. The lowest BCUT2D eigenvalue weighted by atomic mass is 9.91. The highest BCUT2D eigenvalue weighted by molar-refractivity contribution is 6.31. The van der Waals surface area contributed by atoms with Crippen molar-refractivity contribution in [2.24, 2.45) is 5.92 Å². The molecule has 0 spiro atoms. The molecule has 2 unspecified atom stereocenters. The molecule has 2 nitrogen and oxygen atoms in total. The van der Waals surface area contributed by atoms with E-state index in [9.17, 15) is 0 Å². The molecule has 0 saturated heterocycles. The molecule has 1 aromatic heterocycles. The van der Waals surface area contributed by atoms with E-state index in [1.807, 2.05) is 13.1 Å². The molecule has 0 aliphatic carbocycles. The van der Waals surface area contributed by atoms with Crippen LogP contribution in [0.1, 0.15) is 25.8 Å². The summed E-state index contributed by atoms with van der Waals surface area (Å²) >= 11 is 6.09. The molecular weight excluding hydrogens is 208 g/mol. The minimum Gasteiger partial charge on any atom is -0.317 e. The van der Waals surface area contributed by atoms with Crippen LogP contribution in [0.25, 0.3) is 0 Å². The molecule has 3 heteroatoms. The van der Waals surface area contributed by atoms with Gasteiger partial charge < -0.3 is 5.32 Å². The Labute approximate surface area is 97.1 Å². The minimum absolute atomic E-state index is 0.513. The number of nitrogens with zero attached hydrogens (tertiary/aromatic N) is 1. The third kappa shape index (κ3) is 3.47. The van der Waals surface area contributed by atoms with Crippen molar-refractivity contribution >= 4 is 11.6 Å². The molecule has 1 N–H and O–H groups in total. The van der Waals surface area contributed by atoms with Gasteiger partial charge in [0.15, 0.2) is 0 Å². The van der Waals surface area contributed by atoms with Gasteiger partial charge in [-0.1, -0.05) is 24.9 Å². The lowest BCUT2D eigenvalue weighted by Crippen LogP contribution is -2.31. The molecule has 1 rings (SSSR count). The van der Waals surface area contributed by atoms with E-state index in [-0.39, 0.29) is 0 Å². The number of hydrogen-bond acceptors (Lipinski definition) is 2. The number of hydrogen-bond donors (Lipinski definition) is 1. The van der Waals surface area contributed by atoms with Gasteiger partial charge in [0, 0.05) is 18.4 Å². The van der Waals surface area contributed by atoms with E-state index < -0.39 is 0 Å². The average Bonchev–Trinajstić information content (AvgIpc) is 2.27. The molecule has 0 aliphatic rings. The smallest absolute Gasteiger partial charge is 0.0621 e. The highest BCUT2D eigenvalue weighted by Crippen LogP contribution is 2.21. The van der Waals surface area contributed by atoms with Gasteiger partial charge in [0.25, 0.3) is 0 Å². The molecule has 0 bridgehead atoms. The Kier molecular flexibility index (Phi) is 5.06. The van der Waals surface area contributed by atoms with Gasteiger partial charge in [-0.3, -0.25) is 4.98 Å². The van der Waals surface area contributed by atoms with Gasteiger partial charge in [-0.05, 0) is 37.9 Å². The zero-order valence-corrected chi connectivity index (χ0v) is 10.4. The van der Waals surface area contributed by atoms with Gasteiger partial charge in [-0.15, -0.1) is 0 Å². The summed E-state index contributed by atoms with van der Waals surface area (Å²) in [6.45, 7) is 4.43. The second-order valence-corrected chi connectivity index (χ2v) is 4.32. The van der Waals surface area contributed by atoms with Crippen molar-refractivity contribution in [3.05, 3.63) is 29.0 Å². The molecule has 0 aromatic carbocycles. The molecule has 0 fully saturated rings. The summed E-state index contributed by atoms with van der Waals surface area (Å²) in [7, 11) is 2.00. The molecule has 84 valence electrons. The normalized spacial score (nSPS) is 14.9. The molecule has 1 aromatic rings. The number of pyridine rings is 1. The fraction of sp³-hybridized carbons (Fsp3) is 0.583. The van der Waals surface area contributed by atoms with E-state index in [1.165, 1.54) is 5.56 Å². The zero-order chi connectivity index (χ0) is 11.3. The molecule has 0 aliphatic heterocycles. The molecular formula is C12H19ClN2. The molecule has 0 saturated carbocycles. The first-order valence-corrected chi connectivity index (χ1v) is 5.82. The number of aromatic nitrogens is 1. The van der Waals surface area contributed by atoms with E-state index >= 15 is 0 Å². The van der Waals surface area contributed by atoms with Crippen LogP contribution in [0.5, 0.6) is 0 Å².